The van der Waals surface area contributed by atoms with E-state index in [0.29, 0.717) is 0 Å². The summed E-state index contributed by atoms with van der Waals surface area (Å²) in [5, 5.41) is -2.07. The summed E-state index contributed by atoms with van der Waals surface area (Å²) in [4.78, 5) is 25.6. The van der Waals surface area contributed by atoms with Gasteiger partial charge in [0.1, 0.15) is 0 Å². The van der Waals surface area contributed by atoms with E-state index in [4.69, 9.17) is 4.55 Å². The molecule has 0 saturated heterocycles. The Morgan fingerprint density at radius 2 is 1.88 bits per heavy atom. The number of esters is 1. The van der Waals surface area contributed by atoms with Gasteiger partial charge in [-0.15, -0.1) is 0 Å². The standard InChI is InChI=1S/C7H13NO7S/c1-4(2)14-6(9)3-5(7(10)15-8)16(11,12)13/h4-5H,3,8H2,1-2H3,(H,11,12,13). The summed E-state index contributed by atoms with van der Waals surface area (Å²) >= 11 is 0. The Labute approximate surface area is 92.4 Å². The van der Waals surface area contributed by atoms with Crippen molar-refractivity contribution in [3.05, 3.63) is 0 Å². The number of hydrogen-bond acceptors (Lipinski definition) is 7. The van der Waals surface area contributed by atoms with Crippen molar-refractivity contribution in [2.45, 2.75) is 31.6 Å². The maximum Gasteiger partial charge on any atom is 0.345 e. The average molecular weight is 255 g/mol. The number of carbonyl (C=O) groups is 2. The zero-order valence-corrected chi connectivity index (χ0v) is 9.56. The zero-order chi connectivity index (χ0) is 12.9. The normalized spacial score (nSPS) is 13.3. The molecular formula is C7H13NO7S. The van der Waals surface area contributed by atoms with Crippen LogP contribution in [0.25, 0.3) is 0 Å². The van der Waals surface area contributed by atoms with Crippen molar-refractivity contribution in [1.29, 1.82) is 0 Å². The van der Waals surface area contributed by atoms with Crippen molar-refractivity contribution in [1.82, 2.24) is 0 Å². The fourth-order valence-corrected chi connectivity index (χ4v) is 1.49. The Balaban J connectivity index is 4.71. The van der Waals surface area contributed by atoms with Gasteiger partial charge < -0.3 is 9.57 Å². The van der Waals surface area contributed by atoms with Gasteiger partial charge in [0.25, 0.3) is 10.1 Å². The highest BCUT2D eigenvalue weighted by atomic mass is 32.2. The van der Waals surface area contributed by atoms with Gasteiger partial charge in [-0.3, -0.25) is 9.35 Å². The van der Waals surface area contributed by atoms with Crippen LogP contribution in [0.2, 0.25) is 0 Å². The molecule has 0 aliphatic carbocycles. The minimum absolute atomic E-state index is 0.469. The van der Waals surface area contributed by atoms with Crippen LogP contribution in [0.15, 0.2) is 0 Å². The van der Waals surface area contributed by atoms with Gasteiger partial charge in [-0.25, -0.2) is 4.79 Å². The molecule has 0 amide bonds. The number of ether oxygens (including phenoxy) is 1. The van der Waals surface area contributed by atoms with Crippen LogP contribution < -0.4 is 5.90 Å². The molecule has 16 heavy (non-hydrogen) atoms. The number of rotatable bonds is 5. The molecule has 0 rings (SSSR count). The predicted molar refractivity (Wildman–Crippen MR) is 51.5 cm³/mol. The molecule has 0 bridgehead atoms. The van der Waals surface area contributed by atoms with Gasteiger partial charge in [-0.2, -0.15) is 14.3 Å². The van der Waals surface area contributed by atoms with Crippen LogP contribution in [0.4, 0.5) is 0 Å². The molecule has 0 aliphatic heterocycles. The summed E-state index contributed by atoms with van der Waals surface area (Å²) < 4.78 is 34.8. The highest BCUT2D eigenvalue weighted by Gasteiger charge is 2.35. The van der Waals surface area contributed by atoms with Crippen molar-refractivity contribution in [2.24, 2.45) is 5.90 Å². The summed E-state index contributed by atoms with van der Waals surface area (Å²) in [5.74, 6) is 2.09. The molecule has 0 heterocycles. The predicted octanol–water partition coefficient (Wildman–Crippen LogP) is -0.999. The lowest BCUT2D eigenvalue weighted by Gasteiger charge is -2.12. The minimum Gasteiger partial charge on any atom is -0.463 e. The average Bonchev–Trinajstić information content (AvgIpc) is 2.10. The van der Waals surface area contributed by atoms with Gasteiger partial charge in [0.15, 0.2) is 5.25 Å². The topological polar surface area (TPSA) is 133 Å². The second-order valence-corrected chi connectivity index (χ2v) is 4.78. The molecule has 94 valence electrons. The summed E-state index contributed by atoms with van der Waals surface area (Å²) in [6.45, 7) is 3.09. The Morgan fingerprint density at radius 1 is 1.38 bits per heavy atom. The van der Waals surface area contributed by atoms with E-state index in [1.54, 1.807) is 13.8 Å². The Kier molecular flexibility index (Phi) is 5.35. The van der Waals surface area contributed by atoms with Crippen LogP contribution >= 0.6 is 0 Å². The van der Waals surface area contributed by atoms with E-state index in [-0.39, 0.29) is 0 Å². The van der Waals surface area contributed by atoms with Gasteiger partial charge in [0.05, 0.1) is 12.5 Å². The van der Waals surface area contributed by atoms with Crippen molar-refractivity contribution in [3.8, 4) is 0 Å². The lowest BCUT2D eigenvalue weighted by atomic mass is 10.3. The molecule has 9 heteroatoms. The molecule has 0 aromatic rings. The zero-order valence-electron chi connectivity index (χ0n) is 8.74. The van der Waals surface area contributed by atoms with Crippen molar-refractivity contribution < 1.29 is 32.1 Å². The number of hydrogen-bond donors (Lipinski definition) is 2. The number of carbonyl (C=O) groups excluding carboxylic acids is 2. The largest absolute Gasteiger partial charge is 0.463 e. The molecule has 3 N–H and O–H groups in total. The second-order valence-electron chi connectivity index (χ2n) is 3.18. The van der Waals surface area contributed by atoms with E-state index in [1.165, 1.54) is 0 Å². The van der Waals surface area contributed by atoms with Crippen LogP contribution in [0.1, 0.15) is 20.3 Å². The Bertz CT molecular complexity index is 361. The lowest BCUT2D eigenvalue weighted by molar-refractivity contribution is -0.152. The fourth-order valence-electron chi connectivity index (χ4n) is 0.849. The lowest BCUT2D eigenvalue weighted by Crippen LogP contribution is -2.36. The summed E-state index contributed by atoms with van der Waals surface area (Å²) in [7, 11) is -4.76. The van der Waals surface area contributed by atoms with Crippen molar-refractivity contribution in [3.63, 3.8) is 0 Å². The van der Waals surface area contributed by atoms with E-state index < -0.39 is 39.8 Å². The maximum absolute atomic E-state index is 11.1. The number of nitrogens with two attached hydrogens (primary N) is 1. The third-order valence-electron chi connectivity index (χ3n) is 1.46. The molecule has 0 radical (unpaired) electrons. The van der Waals surface area contributed by atoms with E-state index in [9.17, 15) is 18.0 Å². The molecule has 0 aromatic carbocycles. The van der Waals surface area contributed by atoms with Gasteiger partial charge in [0.2, 0.25) is 0 Å². The molecule has 8 nitrogen and oxygen atoms in total. The van der Waals surface area contributed by atoms with E-state index in [2.05, 4.69) is 15.5 Å². The molecule has 0 fully saturated rings. The smallest absolute Gasteiger partial charge is 0.345 e. The van der Waals surface area contributed by atoms with Gasteiger partial charge in [-0.05, 0) is 13.8 Å². The van der Waals surface area contributed by atoms with Crippen molar-refractivity contribution >= 4 is 22.1 Å². The molecule has 1 atom stereocenters. The van der Waals surface area contributed by atoms with Crippen LogP contribution in [0.3, 0.4) is 0 Å². The summed E-state index contributed by atoms with van der Waals surface area (Å²) in [6, 6.07) is 0. The quantitative estimate of drug-likeness (QED) is 0.363. The molecule has 0 aliphatic rings. The molecule has 1 unspecified atom stereocenters. The van der Waals surface area contributed by atoms with Gasteiger partial charge in [0, 0.05) is 0 Å². The first-order valence-electron chi connectivity index (χ1n) is 4.24. The Hall–Kier alpha value is -1.19. The highest BCUT2D eigenvalue weighted by Crippen LogP contribution is 2.08. The molecule has 0 saturated carbocycles. The first-order chi connectivity index (χ1) is 7.18. The van der Waals surface area contributed by atoms with Crippen LogP contribution in [-0.2, 0) is 29.3 Å². The minimum atomic E-state index is -4.76. The van der Waals surface area contributed by atoms with Crippen LogP contribution in [0, 0.1) is 0 Å². The fraction of sp³-hybridized carbons (Fsp3) is 0.714. The van der Waals surface area contributed by atoms with Gasteiger partial charge in [-0.1, -0.05) is 0 Å². The third-order valence-corrected chi connectivity index (χ3v) is 2.54. The Morgan fingerprint density at radius 3 is 2.19 bits per heavy atom. The van der Waals surface area contributed by atoms with E-state index in [0.717, 1.165) is 0 Å². The monoisotopic (exact) mass is 255 g/mol. The van der Waals surface area contributed by atoms with Gasteiger partial charge >= 0.3 is 11.9 Å². The molecule has 0 aromatic heterocycles. The van der Waals surface area contributed by atoms with Crippen LogP contribution in [-0.4, -0.2) is 36.3 Å². The first kappa shape index (κ1) is 14.8. The summed E-state index contributed by atoms with van der Waals surface area (Å²) in [5.41, 5.74) is 0. The summed E-state index contributed by atoms with van der Waals surface area (Å²) in [6.07, 6.45) is -1.32. The van der Waals surface area contributed by atoms with E-state index >= 15 is 0 Å². The SMILES string of the molecule is CC(C)OC(=O)CC(C(=O)ON)S(=O)(=O)O. The molecule has 0 spiro atoms. The molecular weight excluding hydrogens is 242 g/mol. The third kappa shape index (κ3) is 5.05. The van der Waals surface area contributed by atoms with Crippen LogP contribution in [0.5, 0.6) is 0 Å². The second kappa shape index (κ2) is 5.77. The van der Waals surface area contributed by atoms with Crippen molar-refractivity contribution in [2.75, 3.05) is 0 Å². The maximum atomic E-state index is 11.1. The first-order valence-corrected chi connectivity index (χ1v) is 5.75. The van der Waals surface area contributed by atoms with E-state index in [1.807, 2.05) is 0 Å². The highest BCUT2D eigenvalue weighted by molar-refractivity contribution is 7.87.